The van der Waals surface area contributed by atoms with Gasteiger partial charge in [0.2, 0.25) is 0 Å². The first kappa shape index (κ1) is 10.6. The highest BCUT2D eigenvalue weighted by molar-refractivity contribution is 6.05. The van der Waals surface area contributed by atoms with Gasteiger partial charge >= 0.3 is 0 Å². The lowest BCUT2D eigenvalue weighted by molar-refractivity contribution is 0.0641. The number of carbonyl (C=O) groups is 2. The second-order valence-electron chi connectivity index (χ2n) is 3.86. The molecule has 0 spiro atoms. The summed E-state index contributed by atoms with van der Waals surface area (Å²) in [5, 5.41) is 0. The molecule has 5 nitrogen and oxygen atoms in total. The molecule has 0 saturated carbocycles. The Morgan fingerprint density at radius 1 is 1.38 bits per heavy atom. The fraction of sp³-hybridized carbons (Fsp3) is 0.364. The zero-order valence-corrected chi connectivity index (χ0v) is 9.06. The summed E-state index contributed by atoms with van der Waals surface area (Å²) in [4.78, 5) is 28.9. The van der Waals surface area contributed by atoms with Gasteiger partial charge in [0.25, 0.3) is 11.8 Å². The van der Waals surface area contributed by atoms with Crippen molar-refractivity contribution in [3.8, 4) is 0 Å². The van der Waals surface area contributed by atoms with Gasteiger partial charge in [0.05, 0.1) is 5.56 Å². The van der Waals surface area contributed by atoms with Crippen LogP contribution in [0.1, 0.15) is 33.0 Å². The van der Waals surface area contributed by atoms with Crippen LogP contribution in [0.3, 0.4) is 0 Å². The molecule has 5 heteroatoms. The highest BCUT2D eigenvalue weighted by Crippen LogP contribution is 2.14. The monoisotopic (exact) mass is 219 g/mol. The van der Waals surface area contributed by atoms with E-state index in [1.54, 1.807) is 24.0 Å². The van der Waals surface area contributed by atoms with Crippen LogP contribution in [0, 0.1) is 6.92 Å². The number of rotatable bonds is 2. The van der Waals surface area contributed by atoms with Crippen LogP contribution in [0.25, 0.3) is 0 Å². The molecule has 84 valence electrons. The van der Waals surface area contributed by atoms with E-state index >= 15 is 0 Å². The molecule has 1 aromatic rings. The zero-order valence-electron chi connectivity index (χ0n) is 9.06. The molecule has 2 rings (SSSR count). The third-order valence-electron chi connectivity index (χ3n) is 2.65. The zero-order chi connectivity index (χ0) is 11.7. The van der Waals surface area contributed by atoms with Crippen molar-refractivity contribution in [1.29, 1.82) is 0 Å². The highest BCUT2D eigenvalue weighted by Gasteiger charge is 2.26. The van der Waals surface area contributed by atoms with Crippen LogP contribution < -0.4 is 5.73 Å². The van der Waals surface area contributed by atoms with E-state index in [0.29, 0.717) is 5.69 Å². The van der Waals surface area contributed by atoms with Gasteiger partial charge in [0.15, 0.2) is 0 Å². The van der Waals surface area contributed by atoms with Gasteiger partial charge < -0.3 is 10.6 Å². The molecule has 1 aliphatic rings. The van der Waals surface area contributed by atoms with E-state index in [0.717, 1.165) is 19.5 Å². The Morgan fingerprint density at radius 3 is 2.56 bits per heavy atom. The molecule has 0 radical (unpaired) electrons. The molecule has 0 bridgehead atoms. The smallest absolute Gasteiger partial charge is 0.273 e. The Bertz CT molecular complexity index is 453. The van der Waals surface area contributed by atoms with Gasteiger partial charge in [0, 0.05) is 18.8 Å². The summed E-state index contributed by atoms with van der Waals surface area (Å²) in [6.07, 6.45) is 1.00. The molecule has 2 amide bonds. The number of primary amides is 1. The first-order chi connectivity index (χ1) is 7.59. The molecule has 16 heavy (non-hydrogen) atoms. The van der Waals surface area contributed by atoms with Crippen LogP contribution in [0.4, 0.5) is 0 Å². The van der Waals surface area contributed by atoms with Crippen LogP contribution in [0.15, 0.2) is 12.1 Å². The minimum atomic E-state index is -0.614. The molecule has 1 fully saturated rings. The van der Waals surface area contributed by atoms with Gasteiger partial charge in [-0.05, 0) is 25.5 Å². The molecule has 2 heterocycles. The second kappa shape index (κ2) is 3.92. The summed E-state index contributed by atoms with van der Waals surface area (Å²) in [5.41, 5.74) is 6.29. The summed E-state index contributed by atoms with van der Waals surface area (Å²) < 4.78 is 0. The quantitative estimate of drug-likeness (QED) is 0.779. The predicted octanol–water partition coefficient (Wildman–Crippen LogP) is 0.335. The number of nitrogens with two attached hydrogens (primary N) is 1. The number of hydrogen-bond donors (Lipinski definition) is 1. The van der Waals surface area contributed by atoms with E-state index in [9.17, 15) is 9.59 Å². The molecule has 0 aliphatic carbocycles. The van der Waals surface area contributed by atoms with E-state index < -0.39 is 5.91 Å². The lowest BCUT2D eigenvalue weighted by Crippen LogP contribution is -2.43. The summed E-state index contributed by atoms with van der Waals surface area (Å²) in [5.74, 6) is -0.819. The van der Waals surface area contributed by atoms with Crippen molar-refractivity contribution in [2.45, 2.75) is 13.3 Å². The van der Waals surface area contributed by atoms with E-state index in [1.165, 1.54) is 0 Å². The van der Waals surface area contributed by atoms with E-state index in [4.69, 9.17) is 5.73 Å². The van der Waals surface area contributed by atoms with E-state index in [-0.39, 0.29) is 17.2 Å². The van der Waals surface area contributed by atoms with E-state index in [2.05, 4.69) is 4.98 Å². The van der Waals surface area contributed by atoms with Crippen molar-refractivity contribution in [1.82, 2.24) is 9.88 Å². The number of aromatic nitrogens is 1. The second-order valence-corrected chi connectivity index (χ2v) is 3.86. The summed E-state index contributed by atoms with van der Waals surface area (Å²) >= 11 is 0. The van der Waals surface area contributed by atoms with Crippen LogP contribution in [-0.2, 0) is 0 Å². The van der Waals surface area contributed by atoms with Crippen molar-refractivity contribution >= 4 is 11.8 Å². The Morgan fingerprint density at radius 2 is 2.06 bits per heavy atom. The molecule has 0 unspecified atom stereocenters. The van der Waals surface area contributed by atoms with Crippen LogP contribution in [0.2, 0.25) is 0 Å². The topological polar surface area (TPSA) is 76.3 Å². The lowest BCUT2D eigenvalue weighted by atomic mass is 10.1. The van der Waals surface area contributed by atoms with Crippen molar-refractivity contribution in [3.05, 3.63) is 29.1 Å². The lowest BCUT2D eigenvalue weighted by Gasteiger charge is -2.30. The van der Waals surface area contributed by atoms with Gasteiger partial charge in [-0.3, -0.25) is 9.59 Å². The fourth-order valence-corrected chi connectivity index (χ4v) is 1.59. The highest BCUT2D eigenvalue weighted by atomic mass is 16.2. The summed E-state index contributed by atoms with van der Waals surface area (Å²) in [6, 6.07) is 3.23. The molecule has 1 aliphatic heterocycles. The van der Waals surface area contributed by atoms with Gasteiger partial charge in [0.1, 0.15) is 5.69 Å². The third-order valence-corrected chi connectivity index (χ3v) is 2.65. The Kier molecular flexibility index (Phi) is 2.60. The van der Waals surface area contributed by atoms with Gasteiger partial charge in [-0.2, -0.15) is 0 Å². The van der Waals surface area contributed by atoms with Gasteiger partial charge in [-0.25, -0.2) is 4.98 Å². The van der Waals surface area contributed by atoms with Crippen molar-refractivity contribution in [2.24, 2.45) is 5.73 Å². The fourth-order valence-electron chi connectivity index (χ4n) is 1.59. The first-order valence-electron chi connectivity index (χ1n) is 5.16. The molecule has 2 N–H and O–H groups in total. The van der Waals surface area contributed by atoms with Crippen LogP contribution in [-0.4, -0.2) is 34.8 Å². The maximum absolute atomic E-state index is 12.0. The Labute approximate surface area is 93.3 Å². The Hall–Kier alpha value is -1.91. The van der Waals surface area contributed by atoms with Crippen LogP contribution in [0.5, 0.6) is 0 Å². The minimum Gasteiger partial charge on any atom is -0.366 e. The van der Waals surface area contributed by atoms with Crippen molar-refractivity contribution < 1.29 is 9.59 Å². The minimum absolute atomic E-state index is 0.173. The summed E-state index contributed by atoms with van der Waals surface area (Å²) in [7, 11) is 0. The molecular weight excluding hydrogens is 206 g/mol. The number of aryl methyl sites for hydroxylation is 1. The SMILES string of the molecule is Cc1ccc(C(N)=O)c(C(=O)N2CCC2)n1. The third kappa shape index (κ3) is 1.76. The predicted molar refractivity (Wildman–Crippen MR) is 58.0 cm³/mol. The molecule has 1 aromatic heterocycles. The number of nitrogens with zero attached hydrogens (tertiary/aromatic N) is 2. The van der Waals surface area contributed by atoms with E-state index in [1.807, 2.05) is 0 Å². The maximum atomic E-state index is 12.0. The largest absolute Gasteiger partial charge is 0.366 e. The van der Waals surface area contributed by atoms with Crippen LogP contribution >= 0.6 is 0 Å². The van der Waals surface area contributed by atoms with Gasteiger partial charge in [-0.1, -0.05) is 0 Å². The Balaban J connectivity index is 2.40. The van der Waals surface area contributed by atoms with Gasteiger partial charge in [-0.15, -0.1) is 0 Å². The number of pyridine rings is 1. The molecule has 0 aromatic carbocycles. The number of carbonyl (C=O) groups excluding carboxylic acids is 2. The standard InChI is InChI=1S/C11H13N3O2/c1-7-3-4-8(10(12)15)9(13-7)11(16)14-5-2-6-14/h3-4H,2,5-6H2,1H3,(H2,12,15). The number of likely N-dealkylation sites (tertiary alicyclic amines) is 1. The van der Waals surface area contributed by atoms with Crippen molar-refractivity contribution in [3.63, 3.8) is 0 Å². The normalized spacial score (nSPS) is 14.4. The average Bonchev–Trinajstić information content (AvgIpc) is 2.14. The maximum Gasteiger partial charge on any atom is 0.273 e. The number of hydrogen-bond acceptors (Lipinski definition) is 3. The molecule has 0 atom stereocenters. The average molecular weight is 219 g/mol. The number of amides is 2. The molecular formula is C11H13N3O2. The first-order valence-corrected chi connectivity index (χ1v) is 5.16. The van der Waals surface area contributed by atoms with Crippen molar-refractivity contribution in [2.75, 3.05) is 13.1 Å². The molecule has 1 saturated heterocycles. The summed E-state index contributed by atoms with van der Waals surface area (Å²) in [6.45, 7) is 3.23.